The van der Waals surface area contributed by atoms with Crippen LogP contribution in [0, 0.1) is 11.3 Å². The van der Waals surface area contributed by atoms with Crippen molar-refractivity contribution in [3.8, 4) is 11.8 Å². The Morgan fingerprint density at radius 1 is 1.38 bits per heavy atom. The molecule has 0 radical (unpaired) electrons. The number of halogens is 1. The number of benzene rings is 1. The molecule has 1 aromatic rings. The highest BCUT2D eigenvalue weighted by Crippen LogP contribution is 2.32. The highest BCUT2D eigenvalue weighted by Gasteiger charge is 2.18. The summed E-state index contributed by atoms with van der Waals surface area (Å²) in [4.78, 5) is 0. The third-order valence-electron chi connectivity index (χ3n) is 2.82. The summed E-state index contributed by atoms with van der Waals surface area (Å²) in [5, 5.41) is 9.18. The SMILES string of the molecule is N#Cc1cc(N)c(OC2CCCC2)cc1Cl. The minimum Gasteiger partial charge on any atom is -0.488 e. The summed E-state index contributed by atoms with van der Waals surface area (Å²) in [6.45, 7) is 0. The first-order chi connectivity index (χ1) is 7.70. The molecule has 1 aliphatic carbocycles. The van der Waals surface area contributed by atoms with Gasteiger partial charge in [-0.2, -0.15) is 5.26 Å². The third kappa shape index (κ3) is 2.23. The molecule has 0 unspecified atom stereocenters. The maximum Gasteiger partial charge on any atom is 0.144 e. The maximum atomic E-state index is 8.79. The molecular weight excluding hydrogens is 224 g/mol. The Morgan fingerprint density at radius 2 is 2.06 bits per heavy atom. The maximum absolute atomic E-state index is 8.79. The van der Waals surface area contributed by atoms with Crippen molar-refractivity contribution < 1.29 is 4.74 Å². The predicted molar refractivity (Wildman–Crippen MR) is 63.5 cm³/mol. The summed E-state index contributed by atoms with van der Waals surface area (Å²) in [6.07, 6.45) is 4.78. The first-order valence-corrected chi connectivity index (χ1v) is 5.74. The fourth-order valence-electron chi connectivity index (χ4n) is 1.95. The number of nitriles is 1. The summed E-state index contributed by atoms with van der Waals surface area (Å²) in [5.41, 5.74) is 6.68. The molecule has 0 aromatic heterocycles. The fourth-order valence-corrected chi connectivity index (χ4v) is 2.14. The van der Waals surface area contributed by atoms with Crippen molar-refractivity contribution in [2.75, 3.05) is 5.73 Å². The number of anilines is 1. The van der Waals surface area contributed by atoms with Crippen LogP contribution in [0.25, 0.3) is 0 Å². The second-order valence-electron chi connectivity index (χ2n) is 4.01. The van der Waals surface area contributed by atoms with Crippen molar-refractivity contribution >= 4 is 17.3 Å². The zero-order valence-corrected chi connectivity index (χ0v) is 9.63. The van der Waals surface area contributed by atoms with E-state index in [4.69, 9.17) is 27.3 Å². The average molecular weight is 237 g/mol. The molecule has 4 heteroatoms. The Hall–Kier alpha value is -1.40. The number of hydrogen-bond acceptors (Lipinski definition) is 3. The van der Waals surface area contributed by atoms with E-state index < -0.39 is 0 Å². The molecule has 0 aliphatic heterocycles. The van der Waals surface area contributed by atoms with Gasteiger partial charge < -0.3 is 10.5 Å². The van der Waals surface area contributed by atoms with Crippen molar-refractivity contribution in [3.05, 3.63) is 22.7 Å². The van der Waals surface area contributed by atoms with E-state index in [2.05, 4.69) is 0 Å². The van der Waals surface area contributed by atoms with E-state index in [1.54, 1.807) is 12.1 Å². The molecule has 0 amide bonds. The topological polar surface area (TPSA) is 59.0 Å². The van der Waals surface area contributed by atoms with Crippen LogP contribution < -0.4 is 10.5 Å². The van der Waals surface area contributed by atoms with Gasteiger partial charge in [-0.3, -0.25) is 0 Å². The van der Waals surface area contributed by atoms with Crippen LogP contribution in [0.4, 0.5) is 5.69 Å². The van der Waals surface area contributed by atoms with E-state index in [1.807, 2.05) is 6.07 Å². The zero-order valence-electron chi connectivity index (χ0n) is 8.87. The van der Waals surface area contributed by atoms with Crippen molar-refractivity contribution in [1.82, 2.24) is 0 Å². The molecular formula is C12H13ClN2O. The highest BCUT2D eigenvalue weighted by molar-refractivity contribution is 6.32. The predicted octanol–water partition coefficient (Wildman–Crippen LogP) is 3.12. The van der Waals surface area contributed by atoms with Gasteiger partial charge >= 0.3 is 0 Å². The van der Waals surface area contributed by atoms with Gasteiger partial charge in [0, 0.05) is 6.07 Å². The standard InChI is InChI=1S/C12H13ClN2O/c13-10-6-12(11(15)5-8(10)7-14)16-9-3-1-2-4-9/h5-6,9H,1-4,15H2. The highest BCUT2D eigenvalue weighted by atomic mass is 35.5. The smallest absolute Gasteiger partial charge is 0.144 e. The van der Waals surface area contributed by atoms with Crippen LogP contribution in [0.5, 0.6) is 5.75 Å². The van der Waals surface area contributed by atoms with Gasteiger partial charge in [-0.25, -0.2) is 0 Å². The van der Waals surface area contributed by atoms with Crippen molar-refractivity contribution in [3.63, 3.8) is 0 Å². The number of nitrogen functional groups attached to an aromatic ring is 1. The minimum atomic E-state index is 0.242. The molecule has 0 spiro atoms. The van der Waals surface area contributed by atoms with E-state index in [0.29, 0.717) is 22.0 Å². The van der Waals surface area contributed by atoms with Gasteiger partial charge in [-0.05, 0) is 31.7 Å². The number of nitrogens with zero attached hydrogens (tertiary/aromatic N) is 1. The van der Waals surface area contributed by atoms with Crippen molar-refractivity contribution in [2.24, 2.45) is 0 Å². The van der Waals surface area contributed by atoms with E-state index in [9.17, 15) is 0 Å². The molecule has 0 bridgehead atoms. The summed E-state index contributed by atoms with van der Waals surface area (Å²) in [6, 6.07) is 5.18. The second-order valence-corrected chi connectivity index (χ2v) is 4.41. The monoisotopic (exact) mass is 236 g/mol. The van der Waals surface area contributed by atoms with E-state index >= 15 is 0 Å². The molecule has 1 aromatic carbocycles. The van der Waals surface area contributed by atoms with Crippen LogP contribution in [-0.4, -0.2) is 6.10 Å². The van der Waals surface area contributed by atoms with Gasteiger partial charge in [0.1, 0.15) is 11.8 Å². The molecule has 1 fully saturated rings. The molecule has 0 atom stereocenters. The zero-order chi connectivity index (χ0) is 11.5. The Balaban J connectivity index is 2.21. The van der Waals surface area contributed by atoms with Gasteiger partial charge in [0.15, 0.2) is 0 Å². The normalized spacial score (nSPS) is 16.0. The van der Waals surface area contributed by atoms with Crippen molar-refractivity contribution in [2.45, 2.75) is 31.8 Å². The molecule has 0 saturated heterocycles. The number of hydrogen-bond donors (Lipinski definition) is 1. The van der Waals surface area contributed by atoms with Crippen LogP contribution in [-0.2, 0) is 0 Å². The lowest BCUT2D eigenvalue weighted by atomic mass is 10.2. The van der Waals surface area contributed by atoms with Gasteiger partial charge in [0.05, 0.1) is 22.4 Å². The molecule has 2 N–H and O–H groups in total. The lowest BCUT2D eigenvalue weighted by molar-refractivity contribution is 0.211. The lowest BCUT2D eigenvalue weighted by Crippen LogP contribution is -2.12. The lowest BCUT2D eigenvalue weighted by Gasteiger charge is -2.15. The molecule has 0 heterocycles. The van der Waals surface area contributed by atoms with Crippen LogP contribution in [0.2, 0.25) is 5.02 Å². The molecule has 3 nitrogen and oxygen atoms in total. The molecule has 1 aliphatic rings. The van der Waals surface area contributed by atoms with E-state index in [-0.39, 0.29) is 6.10 Å². The first kappa shape index (κ1) is 11.1. The molecule has 1 saturated carbocycles. The molecule has 2 rings (SSSR count). The van der Waals surface area contributed by atoms with Crippen LogP contribution in [0.15, 0.2) is 12.1 Å². The Kier molecular flexibility index (Phi) is 3.21. The Bertz CT molecular complexity index is 433. The Morgan fingerprint density at radius 3 is 2.69 bits per heavy atom. The van der Waals surface area contributed by atoms with E-state index in [1.165, 1.54) is 12.8 Å². The van der Waals surface area contributed by atoms with Gasteiger partial charge in [-0.1, -0.05) is 11.6 Å². The fraction of sp³-hybridized carbons (Fsp3) is 0.417. The minimum absolute atomic E-state index is 0.242. The van der Waals surface area contributed by atoms with Crippen LogP contribution in [0.1, 0.15) is 31.2 Å². The van der Waals surface area contributed by atoms with Gasteiger partial charge in [0.25, 0.3) is 0 Å². The number of ether oxygens (including phenoxy) is 1. The molecule has 16 heavy (non-hydrogen) atoms. The summed E-state index contributed by atoms with van der Waals surface area (Å²) in [5.74, 6) is 0.593. The third-order valence-corrected chi connectivity index (χ3v) is 3.13. The molecule has 84 valence electrons. The number of rotatable bonds is 2. The summed E-state index contributed by atoms with van der Waals surface area (Å²) in [7, 11) is 0. The van der Waals surface area contributed by atoms with Gasteiger partial charge in [0.2, 0.25) is 0 Å². The van der Waals surface area contributed by atoms with E-state index in [0.717, 1.165) is 12.8 Å². The largest absolute Gasteiger partial charge is 0.488 e. The quantitative estimate of drug-likeness (QED) is 0.803. The number of nitrogens with two attached hydrogens (primary N) is 1. The first-order valence-electron chi connectivity index (χ1n) is 5.36. The van der Waals surface area contributed by atoms with Crippen molar-refractivity contribution in [1.29, 1.82) is 5.26 Å². The summed E-state index contributed by atoms with van der Waals surface area (Å²) >= 11 is 5.93. The Labute approximate surface area is 99.8 Å². The van der Waals surface area contributed by atoms with Gasteiger partial charge in [-0.15, -0.1) is 0 Å². The van der Waals surface area contributed by atoms with Crippen LogP contribution >= 0.6 is 11.6 Å². The second kappa shape index (κ2) is 4.63. The average Bonchev–Trinajstić information content (AvgIpc) is 2.75. The van der Waals surface area contributed by atoms with Crippen LogP contribution in [0.3, 0.4) is 0 Å². The summed E-state index contributed by atoms with van der Waals surface area (Å²) < 4.78 is 5.77.